The highest BCUT2D eigenvalue weighted by molar-refractivity contribution is 7.17. The zero-order valence-electron chi connectivity index (χ0n) is 14.8. The van der Waals surface area contributed by atoms with Gasteiger partial charge in [0.1, 0.15) is 5.82 Å². The van der Waals surface area contributed by atoms with E-state index >= 15 is 0 Å². The number of nitrogen functional groups attached to an aromatic ring is 1. The second kappa shape index (κ2) is 7.29. The standard InChI is InChI=1S/C22H20FN3S/c1-14(25-11-10-16-13-26-20-5-3-2-4-18(16)20)22-19(24)12-21(27-22)15-6-8-17(23)9-7-15/h2-9,12-13,25-26H,1,10-11,24H2. The van der Waals surface area contributed by atoms with Gasteiger partial charge >= 0.3 is 0 Å². The summed E-state index contributed by atoms with van der Waals surface area (Å²) in [6.45, 7) is 4.91. The van der Waals surface area contributed by atoms with E-state index in [-0.39, 0.29) is 5.82 Å². The van der Waals surface area contributed by atoms with E-state index in [1.54, 1.807) is 23.5 Å². The molecule has 0 atom stereocenters. The fourth-order valence-electron chi connectivity index (χ4n) is 3.16. The first kappa shape index (κ1) is 17.4. The van der Waals surface area contributed by atoms with Crippen LogP contribution in [-0.2, 0) is 6.42 Å². The van der Waals surface area contributed by atoms with Crippen molar-refractivity contribution < 1.29 is 4.39 Å². The first-order valence-electron chi connectivity index (χ1n) is 8.75. The molecule has 136 valence electrons. The van der Waals surface area contributed by atoms with Crippen molar-refractivity contribution in [1.29, 1.82) is 0 Å². The smallest absolute Gasteiger partial charge is 0.123 e. The van der Waals surface area contributed by atoms with Crippen molar-refractivity contribution in [1.82, 2.24) is 10.3 Å². The second-order valence-corrected chi connectivity index (χ2v) is 7.47. The van der Waals surface area contributed by atoms with Gasteiger partial charge in [-0.2, -0.15) is 0 Å². The third-order valence-electron chi connectivity index (χ3n) is 4.57. The number of rotatable bonds is 6. The number of para-hydroxylation sites is 1. The monoisotopic (exact) mass is 377 g/mol. The summed E-state index contributed by atoms with van der Waals surface area (Å²) >= 11 is 1.56. The zero-order valence-corrected chi connectivity index (χ0v) is 15.6. The molecule has 4 aromatic rings. The number of benzene rings is 2. The van der Waals surface area contributed by atoms with Crippen LogP contribution in [0.1, 0.15) is 10.4 Å². The molecule has 0 aliphatic heterocycles. The van der Waals surface area contributed by atoms with Crippen molar-refractivity contribution in [3.63, 3.8) is 0 Å². The van der Waals surface area contributed by atoms with Crippen LogP contribution in [0.15, 0.2) is 67.4 Å². The molecule has 0 saturated carbocycles. The van der Waals surface area contributed by atoms with Crippen LogP contribution >= 0.6 is 11.3 Å². The zero-order chi connectivity index (χ0) is 18.8. The minimum Gasteiger partial charge on any atom is -0.397 e. The molecule has 2 aromatic heterocycles. The van der Waals surface area contributed by atoms with Gasteiger partial charge in [-0.25, -0.2) is 4.39 Å². The van der Waals surface area contributed by atoms with E-state index in [1.165, 1.54) is 23.1 Å². The number of H-pyrrole nitrogens is 1. The Morgan fingerprint density at radius 1 is 1.15 bits per heavy atom. The number of aromatic nitrogens is 1. The Hall–Kier alpha value is -3.05. The van der Waals surface area contributed by atoms with Crippen molar-refractivity contribution in [3.05, 3.63) is 83.6 Å². The molecule has 5 heteroatoms. The van der Waals surface area contributed by atoms with E-state index in [4.69, 9.17) is 5.73 Å². The summed E-state index contributed by atoms with van der Waals surface area (Å²) in [5.41, 5.74) is 11.1. The van der Waals surface area contributed by atoms with Crippen LogP contribution < -0.4 is 11.1 Å². The third-order valence-corrected chi connectivity index (χ3v) is 5.83. The molecule has 3 nitrogen and oxygen atoms in total. The van der Waals surface area contributed by atoms with Crippen LogP contribution in [-0.4, -0.2) is 11.5 Å². The molecule has 0 amide bonds. The number of aromatic amines is 1. The van der Waals surface area contributed by atoms with Gasteiger partial charge in [-0.1, -0.05) is 36.9 Å². The molecule has 0 bridgehead atoms. The molecule has 2 aromatic carbocycles. The molecule has 0 aliphatic rings. The van der Waals surface area contributed by atoms with Crippen molar-refractivity contribution in [2.45, 2.75) is 6.42 Å². The average molecular weight is 377 g/mol. The molecular weight excluding hydrogens is 357 g/mol. The molecule has 0 spiro atoms. The van der Waals surface area contributed by atoms with E-state index < -0.39 is 0 Å². The molecule has 4 N–H and O–H groups in total. The van der Waals surface area contributed by atoms with Gasteiger partial charge in [-0.05, 0) is 41.8 Å². The number of fused-ring (bicyclic) bond motifs is 1. The third kappa shape index (κ3) is 3.59. The maximum Gasteiger partial charge on any atom is 0.123 e. The minimum absolute atomic E-state index is 0.244. The molecular formula is C22H20FN3S. The highest BCUT2D eigenvalue weighted by atomic mass is 32.1. The summed E-state index contributed by atoms with van der Waals surface area (Å²) in [5.74, 6) is -0.244. The maximum atomic E-state index is 13.1. The van der Waals surface area contributed by atoms with Gasteiger partial charge < -0.3 is 16.0 Å². The number of hydrogen-bond donors (Lipinski definition) is 3. The lowest BCUT2D eigenvalue weighted by molar-refractivity contribution is 0.628. The summed E-state index contributed by atoms with van der Waals surface area (Å²) in [7, 11) is 0. The minimum atomic E-state index is -0.244. The van der Waals surface area contributed by atoms with Gasteiger partial charge in [0.25, 0.3) is 0 Å². The van der Waals surface area contributed by atoms with Crippen LogP contribution in [0.5, 0.6) is 0 Å². The van der Waals surface area contributed by atoms with Crippen molar-refractivity contribution in [2.24, 2.45) is 0 Å². The van der Waals surface area contributed by atoms with Crippen molar-refractivity contribution >= 4 is 33.6 Å². The molecule has 0 aliphatic carbocycles. The van der Waals surface area contributed by atoms with E-state index in [9.17, 15) is 4.39 Å². The molecule has 0 unspecified atom stereocenters. The Morgan fingerprint density at radius 3 is 2.74 bits per heavy atom. The predicted molar refractivity (Wildman–Crippen MR) is 113 cm³/mol. The summed E-state index contributed by atoms with van der Waals surface area (Å²) in [6.07, 6.45) is 2.94. The first-order chi connectivity index (χ1) is 13.1. The Kier molecular flexibility index (Phi) is 4.69. The lowest BCUT2D eigenvalue weighted by Gasteiger charge is -2.08. The summed E-state index contributed by atoms with van der Waals surface area (Å²) in [6, 6.07) is 16.6. The van der Waals surface area contributed by atoms with Crippen LogP contribution in [0.25, 0.3) is 27.0 Å². The van der Waals surface area contributed by atoms with Crippen molar-refractivity contribution in [3.8, 4) is 10.4 Å². The maximum absolute atomic E-state index is 13.1. The number of nitrogens with one attached hydrogen (secondary N) is 2. The van der Waals surface area contributed by atoms with E-state index in [1.807, 2.05) is 12.1 Å². The predicted octanol–water partition coefficient (Wildman–Crippen LogP) is 5.42. The first-order valence-corrected chi connectivity index (χ1v) is 9.57. The Morgan fingerprint density at radius 2 is 1.93 bits per heavy atom. The van der Waals surface area contributed by atoms with Gasteiger partial charge in [-0.15, -0.1) is 11.3 Å². The van der Waals surface area contributed by atoms with Gasteiger partial charge in [-0.3, -0.25) is 0 Å². The molecule has 0 saturated heterocycles. The van der Waals surface area contributed by atoms with Crippen molar-refractivity contribution in [2.75, 3.05) is 12.3 Å². The Bertz CT molecular complexity index is 1090. The molecule has 0 radical (unpaired) electrons. The van der Waals surface area contributed by atoms with Crippen LogP contribution in [0.3, 0.4) is 0 Å². The largest absolute Gasteiger partial charge is 0.397 e. The number of halogens is 1. The number of hydrogen-bond acceptors (Lipinski definition) is 3. The van der Waals surface area contributed by atoms with E-state index in [0.717, 1.165) is 39.5 Å². The molecule has 0 fully saturated rings. The summed E-state index contributed by atoms with van der Waals surface area (Å²) in [4.78, 5) is 5.22. The lowest BCUT2D eigenvalue weighted by Crippen LogP contribution is -2.14. The Labute approximate surface area is 161 Å². The normalized spacial score (nSPS) is 11.0. The SMILES string of the molecule is C=C(NCCc1c[nH]c2ccccc12)c1sc(-c2ccc(F)cc2)cc1N. The van der Waals surface area contributed by atoms with Crippen LogP contribution in [0.4, 0.5) is 10.1 Å². The highest BCUT2D eigenvalue weighted by Crippen LogP contribution is 2.36. The Balaban J connectivity index is 1.43. The van der Waals surface area contributed by atoms with Gasteiger partial charge in [0.05, 0.1) is 10.6 Å². The topological polar surface area (TPSA) is 53.8 Å². The van der Waals surface area contributed by atoms with Gasteiger partial charge in [0.2, 0.25) is 0 Å². The molecule has 4 rings (SSSR count). The molecule has 2 heterocycles. The van der Waals surface area contributed by atoms with Gasteiger partial charge in [0.15, 0.2) is 0 Å². The quantitative estimate of drug-likeness (QED) is 0.420. The number of anilines is 1. The molecule has 27 heavy (non-hydrogen) atoms. The van der Waals surface area contributed by atoms with E-state index in [0.29, 0.717) is 5.69 Å². The number of nitrogens with two attached hydrogens (primary N) is 1. The summed E-state index contributed by atoms with van der Waals surface area (Å²) in [5, 5.41) is 4.63. The van der Waals surface area contributed by atoms with Crippen LogP contribution in [0.2, 0.25) is 0 Å². The number of thiophene rings is 1. The van der Waals surface area contributed by atoms with Crippen LogP contribution in [0, 0.1) is 5.82 Å². The van der Waals surface area contributed by atoms with Gasteiger partial charge in [0, 0.05) is 34.2 Å². The summed E-state index contributed by atoms with van der Waals surface area (Å²) < 4.78 is 13.1. The second-order valence-electron chi connectivity index (χ2n) is 6.42. The fraction of sp³-hybridized carbons (Fsp3) is 0.0909. The highest BCUT2D eigenvalue weighted by Gasteiger charge is 2.11. The lowest BCUT2D eigenvalue weighted by atomic mass is 10.1. The average Bonchev–Trinajstić information content (AvgIpc) is 3.26. The fourth-order valence-corrected chi connectivity index (χ4v) is 4.20. The van der Waals surface area contributed by atoms with E-state index in [2.05, 4.69) is 41.3 Å².